The molecule has 1 saturated heterocycles. The fourth-order valence-electron chi connectivity index (χ4n) is 2.81. The molecule has 1 aromatic carbocycles. The molecule has 0 amide bonds. The molecular weight excluding hydrogens is 298 g/mol. The average Bonchev–Trinajstić information content (AvgIpc) is 2.62. The molecule has 2 N–H and O–H groups in total. The number of ether oxygens (including phenoxy) is 1. The van der Waals surface area contributed by atoms with E-state index >= 15 is 0 Å². The van der Waals surface area contributed by atoms with Gasteiger partial charge in [-0.1, -0.05) is 15.9 Å². The van der Waals surface area contributed by atoms with Gasteiger partial charge in [0, 0.05) is 27.7 Å². The number of fused-ring (bicyclic) bond motifs is 1. The van der Waals surface area contributed by atoms with Crippen molar-refractivity contribution in [1.82, 2.24) is 0 Å². The maximum atomic E-state index is 6.32. The van der Waals surface area contributed by atoms with E-state index < -0.39 is 0 Å². The second-order valence-electron chi connectivity index (χ2n) is 4.92. The van der Waals surface area contributed by atoms with Crippen LogP contribution in [0.15, 0.2) is 22.7 Å². The molecule has 1 aromatic rings. The molecule has 4 heteroatoms. The largest absolute Gasteiger partial charge is 0.486 e. The van der Waals surface area contributed by atoms with Crippen LogP contribution in [-0.2, 0) is 0 Å². The van der Waals surface area contributed by atoms with Gasteiger partial charge in [-0.15, -0.1) is 0 Å². The highest BCUT2D eigenvalue weighted by Gasteiger charge is 2.47. The lowest BCUT2D eigenvalue weighted by Gasteiger charge is -2.41. The van der Waals surface area contributed by atoms with E-state index in [-0.39, 0.29) is 11.6 Å². The monoisotopic (exact) mass is 313 g/mol. The van der Waals surface area contributed by atoms with Gasteiger partial charge in [0.2, 0.25) is 0 Å². The Balaban J connectivity index is 2.01. The van der Waals surface area contributed by atoms with Crippen molar-refractivity contribution in [2.24, 2.45) is 5.73 Å². The minimum atomic E-state index is -0.0368. The first-order chi connectivity index (χ1) is 8.11. The smallest absolute Gasteiger partial charge is 0.125 e. The molecule has 3 atom stereocenters. The average molecular weight is 314 g/mol. The zero-order valence-corrected chi connectivity index (χ0v) is 12.2. The predicted octanol–water partition coefficient (Wildman–Crippen LogP) is 3.50. The van der Waals surface area contributed by atoms with Crippen molar-refractivity contribution in [2.45, 2.75) is 36.7 Å². The molecule has 0 radical (unpaired) electrons. The van der Waals surface area contributed by atoms with E-state index in [1.165, 1.54) is 5.75 Å². The van der Waals surface area contributed by atoms with Crippen LogP contribution in [0.2, 0.25) is 0 Å². The minimum absolute atomic E-state index is 0.0368. The van der Waals surface area contributed by atoms with Crippen molar-refractivity contribution >= 4 is 27.7 Å². The molecule has 1 spiro atoms. The molecule has 17 heavy (non-hydrogen) atoms. The molecule has 2 unspecified atom stereocenters. The normalized spacial score (nSPS) is 35.7. The van der Waals surface area contributed by atoms with Crippen LogP contribution in [0.1, 0.15) is 31.4 Å². The standard InChI is InChI=1S/C13H16BrNOS/c1-8-13(4-5-17-8)7-11(15)10-6-9(14)2-3-12(10)16-13/h2-3,6,8,11H,4-5,7,15H2,1H3/t8?,11-,13?/m1/s1. The van der Waals surface area contributed by atoms with Crippen molar-refractivity contribution in [3.63, 3.8) is 0 Å². The maximum Gasteiger partial charge on any atom is 0.125 e. The van der Waals surface area contributed by atoms with Crippen LogP contribution in [0.5, 0.6) is 5.75 Å². The number of hydrogen-bond acceptors (Lipinski definition) is 3. The van der Waals surface area contributed by atoms with Crippen LogP contribution in [0.4, 0.5) is 0 Å². The third-order valence-corrected chi connectivity index (χ3v) is 5.75. The number of benzene rings is 1. The molecule has 2 nitrogen and oxygen atoms in total. The number of rotatable bonds is 0. The molecule has 0 bridgehead atoms. The van der Waals surface area contributed by atoms with Gasteiger partial charge in [-0.2, -0.15) is 11.8 Å². The second-order valence-corrected chi connectivity index (χ2v) is 7.29. The topological polar surface area (TPSA) is 35.2 Å². The van der Waals surface area contributed by atoms with E-state index in [0.717, 1.165) is 28.6 Å². The summed E-state index contributed by atoms with van der Waals surface area (Å²) in [5.41, 5.74) is 7.42. The molecule has 0 aromatic heterocycles. The van der Waals surface area contributed by atoms with E-state index in [9.17, 15) is 0 Å². The lowest BCUT2D eigenvalue weighted by atomic mass is 9.84. The number of hydrogen-bond donors (Lipinski definition) is 1. The number of nitrogens with two attached hydrogens (primary N) is 1. The van der Waals surface area contributed by atoms with Crippen LogP contribution in [0.25, 0.3) is 0 Å². The molecular formula is C13H16BrNOS. The third-order valence-electron chi connectivity index (χ3n) is 3.88. The van der Waals surface area contributed by atoms with Crippen molar-refractivity contribution in [2.75, 3.05) is 5.75 Å². The van der Waals surface area contributed by atoms with Gasteiger partial charge in [-0.05, 0) is 37.3 Å². The molecule has 3 rings (SSSR count). The number of thioether (sulfide) groups is 1. The summed E-state index contributed by atoms with van der Waals surface area (Å²) < 4.78 is 7.37. The van der Waals surface area contributed by atoms with Crippen LogP contribution in [0.3, 0.4) is 0 Å². The van der Waals surface area contributed by atoms with E-state index in [1.807, 2.05) is 23.9 Å². The van der Waals surface area contributed by atoms with Gasteiger partial charge < -0.3 is 10.5 Å². The van der Waals surface area contributed by atoms with Crippen LogP contribution >= 0.6 is 27.7 Å². The minimum Gasteiger partial charge on any atom is -0.486 e. The zero-order chi connectivity index (χ0) is 12.0. The predicted molar refractivity (Wildman–Crippen MR) is 75.6 cm³/mol. The third kappa shape index (κ3) is 1.90. The van der Waals surface area contributed by atoms with Crippen molar-refractivity contribution in [3.8, 4) is 5.75 Å². The zero-order valence-electron chi connectivity index (χ0n) is 9.78. The van der Waals surface area contributed by atoms with Gasteiger partial charge in [0.25, 0.3) is 0 Å². The molecule has 92 valence electrons. The van der Waals surface area contributed by atoms with Crippen molar-refractivity contribution in [1.29, 1.82) is 0 Å². The highest BCUT2D eigenvalue weighted by atomic mass is 79.9. The molecule has 0 saturated carbocycles. The van der Waals surface area contributed by atoms with Gasteiger partial charge in [-0.3, -0.25) is 0 Å². The quantitative estimate of drug-likeness (QED) is 0.796. The lowest BCUT2D eigenvalue weighted by molar-refractivity contribution is 0.0410. The van der Waals surface area contributed by atoms with E-state index in [0.29, 0.717) is 5.25 Å². The summed E-state index contributed by atoms with van der Waals surface area (Å²) in [7, 11) is 0. The second kappa shape index (κ2) is 4.18. The van der Waals surface area contributed by atoms with E-state index in [1.54, 1.807) is 0 Å². The van der Waals surface area contributed by atoms with Gasteiger partial charge >= 0.3 is 0 Å². The van der Waals surface area contributed by atoms with Crippen LogP contribution in [0, 0.1) is 0 Å². The lowest BCUT2D eigenvalue weighted by Crippen LogP contribution is -2.47. The summed E-state index contributed by atoms with van der Waals surface area (Å²) in [6.07, 6.45) is 2.05. The maximum absolute atomic E-state index is 6.32. The van der Waals surface area contributed by atoms with Gasteiger partial charge in [0.15, 0.2) is 0 Å². The summed E-state index contributed by atoms with van der Waals surface area (Å²) in [6, 6.07) is 6.24. The van der Waals surface area contributed by atoms with E-state index in [2.05, 4.69) is 28.9 Å². The Morgan fingerprint density at radius 2 is 2.35 bits per heavy atom. The number of halogens is 1. The molecule has 0 aliphatic carbocycles. The van der Waals surface area contributed by atoms with E-state index in [4.69, 9.17) is 10.5 Å². The summed E-state index contributed by atoms with van der Waals surface area (Å²) in [5.74, 6) is 2.15. The fourth-order valence-corrected chi connectivity index (χ4v) is 4.57. The van der Waals surface area contributed by atoms with Crippen LogP contribution < -0.4 is 10.5 Å². The summed E-state index contributed by atoms with van der Waals surface area (Å²) in [4.78, 5) is 0. The first-order valence-corrected chi connectivity index (χ1v) is 7.80. The Hall–Kier alpha value is -0.190. The van der Waals surface area contributed by atoms with Gasteiger partial charge in [0.05, 0.1) is 0 Å². The Labute approximate surface area is 114 Å². The van der Waals surface area contributed by atoms with Crippen molar-refractivity contribution < 1.29 is 4.74 Å². The van der Waals surface area contributed by atoms with Gasteiger partial charge in [0.1, 0.15) is 11.4 Å². The molecule has 2 heterocycles. The first-order valence-electron chi connectivity index (χ1n) is 5.96. The molecule has 2 aliphatic heterocycles. The Morgan fingerprint density at radius 3 is 3.06 bits per heavy atom. The highest BCUT2D eigenvalue weighted by Crippen LogP contribution is 2.49. The Bertz CT molecular complexity index is 453. The van der Waals surface area contributed by atoms with Gasteiger partial charge in [-0.25, -0.2) is 0 Å². The summed E-state index contributed by atoms with van der Waals surface area (Å²) in [5, 5.41) is 0.533. The molecule has 2 aliphatic rings. The Kier molecular flexibility index (Phi) is 2.92. The van der Waals surface area contributed by atoms with Crippen LogP contribution in [-0.4, -0.2) is 16.6 Å². The molecule has 1 fully saturated rings. The summed E-state index contributed by atoms with van der Waals surface area (Å²) in [6.45, 7) is 2.26. The summed E-state index contributed by atoms with van der Waals surface area (Å²) >= 11 is 5.48. The fraction of sp³-hybridized carbons (Fsp3) is 0.538. The first kappa shape index (κ1) is 11.9. The SMILES string of the molecule is CC1SCCC12C[C@@H](N)c1cc(Br)ccc1O2. The Morgan fingerprint density at radius 1 is 1.53 bits per heavy atom. The highest BCUT2D eigenvalue weighted by molar-refractivity contribution is 9.10. The van der Waals surface area contributed by atoms with Crippen molar-refractivity contribution in [3.05, 3.63) is 28.2 Å².